The van der Waals surface area contributed by atoms with Gasteiger partial charge in [-0.05, 0) is 57.4 Å². The van der Waals surface area contributed by atoms with Gasteiger partial charge in [-0.3, -0.25) is 4.79 Å². The Labute approximate surface area is 160 Å². The molecule has 5 heteroatoms. The molecule has 0 amide bonds. The van der Waals surface area contributed by atoms with Gasteiger partial charge in [-0.2, -0.15) is 0 Å². The van der Waals surface area contributed by atoms with Gasteiger partial charge in [0.1, 0.15) is 17.3 Å². The van der Waals surface area contributed by atoms with E-state index >= 15 is 0 Å². The number of benzene rings is 1. The van der Waals surface area contributed by atoms with Gasteiger partial charge >= 0.3 is 5.97 Å². The summed E-state index contributed by atoms with van der Waals surface area (Å²) in [7, 11) is 1.58. The van der Waals surface area contributed by atoms with E-state index in [4.69, 9.17) is 13.9 Å². The molecular weight excluding hydrogens is 344 g/mol. The topological polar surface area (TPSA) is 65.7 Å². The molecule has 0 aliphatic carbocycles. The summed E-state index contributed by atoms with van der Waals surface area (Å²) in [6, 6.07) is 6.85. The zero-order chi connectivity index (χ0) is 19.8. The minimum Gasteiger partial charge on any atom is -0.497 e. The molecule has 0 N–H and O–H groups in total. The Morgan fingerprint density at radius 1 is 1.00 bits per heavy atom. The molecule has 0 saturated heterocycles. The van der Waals surface area contributed by atoms with Gasteiger partial charge in [0.05, 0.1) is 19.3 Å². The Bertz CT molecular complexity index is 818. The van der Waals surface area contributed by atoms with Crippen LogP contribution in [0, 0.1) is 13.8 Å². The number of aryl methyl sites for hydroxylation is 2. The van der Waals surface area contributed by atoms with E-state index in [2.05, 4.69) is 0 Å². The Balaban J connectivity index is 1.75. The first-order valence-corrected chi connectivity index (χ1v) is 9.41. The molecular formula is C22H28O5. The van der Waals surface area contributed by atoms with Gasteiger partial charge in [0.2, 0.25) is 0 Å². The van der Waals surface area contributed by atoms with E-state index in [9.17, 15) is 9.59 Å². The summed E-state index contributed by atoms with van der Waals surface area (Å²) < 4.78 is 16.3. The Morgan fingerprint density at radius 2 is 1.67 bits per heavy atom. The Kier molecular flexibility index (Phi) is 7.65. The molecule has 0 spiro atoms. The lowest BCUT2D eigenvalue weighted by molar-refractivity contribution is 0.0497. The van der Waals surface area contributed by atoms with Crippen LogP contribution in [-0.4, -0.2) is 19.7 Å². The van der Waals surface area contributed by atoms with Crippen molar-refractivity contribution in [1.29, 1.82) is 0 Å². The molecule has 0 atom stereocenters. The first-order chi connectivity index (χ1) is 13.0. The van der Waals surface area contributed by atoms with Crippen molar-refractivity contribution in [3.05, 3.63) is 62.7 Å². The van der Waals surface area contributed by atoms with Crippen LogP contribution in [-0.2, 0) is 17.6 Å². The first kappa shape index (κ1) is 20.7. The van der Waals surface area contributed by atoms with Crippen LogP contribution in [0.15, 0.2) is 33.5 Å². The maximum Gasteiger partial charge on any atom is 0.338 e. The number of carbonyl (C=O) groups excluding carboxylic acids is 1. The van der Waals surface area contributed by atoms with Gasteiger partial charge in [0.25, 0.3) is 0 Å². The van der Waals surface area contributed by atoms with Crippen molar-refractivity contribution in [3.63, 3.8) is 0 Å². The molecule has 0 unspecified atom stereocenters. The molecule has 0 radical (unpaired) electrons. The second-order valence-electron chi connectivity index (χ2n) is 6.56. The molecule has 0 aliphatic heterocycles. The van der Waals surface area contributed by atoms with E-state index in [0.717, 1.165) is 43.6 Å². The predicted octanol–water partition coefficient (Wildman–Crippen LogP) is 4.40. The van der Waals surface area contributed by atoms with Crippen molar-refractivity contribution in [2.45, 2.75) is 52.9 Å². The van der Waals surface area contributed by atoms with Crippen LogP contribution in [0.1, 0.15) is 59.2 Å². The van der Waals surface area contributed by atoms with Crippen LogP contribution >= 0.6 is 0 Å². The molecule has 2 aromatic rings. The molecule has 2 rings (SSSR count). The van der Waals surface area contributed by atoms with E-state index in [1.807, 2.05) is 20.8 Å². The quantitative estimate of drug-likeness (QED) is 0.482. The summed E-state index contributed by atoms with van der Waals surface area (Å²) in [5.41, 5.74) is 2.02. The van der Waals surface area contributed by atoms with Gasteiger partial charge in [-0.25, -0.2) is 4.79 Å². The van der Waals surface area contributed by atoms with E-state index < -0.39 is 0 Å². The Hall–Kier alpha value is -2.56. The minimum absolute atomic E-state index is 0.0847. The highest BCUT2D eigenvalue weighted by molar-refractivity contribution is 5.89. The minimum atomic E-state index is -0.328. The summed E-state index contributed by atoms with van der Waals surface area (Å²) in [6.45, 7) is 6.01. The van der Waals surface area contributed by atoms with Crippen LogP contribution in [0.2, 0.25) is 0 Å². The molecule has 0 saturated carbocycles. The van der Waals surface area contributed by atoms with Crippen LogP contribution < -0.4 is 10.2 Å². The number of esters is 1. The number of methoxy groups -OCH3 is 1. The smallest absolute Gasteiger partial charge is 0.338 e. The summed E-state index contributed by atoms with van der Waals surface area (Å²) in [5.74, 6) is 1.92. The van der Waals surface area contributed by atoms with Crippen molar-refractivity contribution < 1.29 is 18.7 Å². The molecule has 0 fully saturated rings. The molecule has 0 bridgehead atoms. The van der Waals surface area contributed by atoms with E-state index in [-0.39, 0.29) is 11.4 Å². The number of hydrogen-bond donors (Lipinski definition) is 0. The van der Waals surface area contributed by atoms with Gasteiger partial charge in [0, 0.05) is 24.0 Å². The monoisotopic (exact) mass is 372 g/mol. The fourth-order valence-corrected chi connectivity index (χ4v) is 2.95. The van der Waals surface area contributed by atoms with Crippen LogP contribution in [0.5, 0.6) is 5.75 Å². The molecule has 1 aromatic heterocycles. The molecule has 1 heterocycles. The van der Waals surface area contributed by atoms with Gasteiger partial charge in [0.15, 0.2) is 5.43 Å². The molecule has 0 aliphatic rings. The van der Waals surface area contributed by atoms with Crippen molar-refractivity contribution in [3.8, 4) is 5.75 Å². The van der Waals surface area contributed by atoms with Crippen molar-refractivity contribution >= 4 is 5.97 Å². The fraction of sp³-hybridized carbons (Fsp3) is 0.455. The number of carbonyl (C=O) groups is 1. The molecule has 5 nitrogen and oxygen atoms in total. The highest BCUT2D eigenvalue weighted by Gasteiger charge is 2.12. The molecule has 146 valence electrons. The Morgan fingerprint density at radius 3 is 2.30 bits per heavy atom. The second kappa shape index (κ2) is 9.95. The third-order valence-corrected chi connectivity index (χ3v) is 4.69. The first-order valence-electron chi connectivity index (χ1n) is 9.41. The lowest BCUT2D eigenvalue weighted by Crippen LogP contribution is -2.14. The van der Waals surface area contributed by atoms with Crippen molar-refractivity contribution in [2.24, 2.45) is 0 Å². The maximum absolute atomic E-state index is 12.2. The van der Waals surface area contributed by atoms with E-state index in [0.29, 0.717) is 29.0 Å². The van der Waals surface area contributed by atoms with E-state index in [1.54, 1.807) is 31.4 Å². The lowest BCUT2D eigenvalue weighted by atomic mass is 10.1. The second-order valence-corrected chi connectivity index (χ2v) is 6.56. The van der Waals surface area contributed by atoms with Gasteiger partial charge in [-0.1, -0.05) is 6.92 Å². The molecule has 1 aromatic carbocycles. The maximum atomic E-state index is 12.2. The van der Waals surface area contributed by atoms with Gasteiger partial charge in [-0.15, -0.1) is 0 Å². The van der Waals surface area contributed by atoms with Crippen LogP contribution in [0.4, 0.5) is 0 Å². The SMILES string of the molecule is CCc1oc(CCCCCOC(=O)c2ccc(OC)cc2)c(C)c(=O)c1C. The third-order valence-electron chi connectivity index (χ3n) is 4.69. The summed E-state index contributed by atoms with van der Waals surface area (Å²) in [5, 5.41) is 0. The number of unbranched alkanes of at least 4 members (excludes halogenated alkanes) is 2. The number of hydrogen-bond acceptors (Lipinski definition) is 5. The summed E-state index contributed by atoms with van der Waals surface area (Å²) in [4.78, 5) is 24.2. The van der Waals surface area contributed by atoms with E-state index in [1.165, 1.54) is 0 Å². The lowest BCUT2D eigenvalue weighted by Gasteiger charge is -2.10. The zero-order valence-corrected chi connectivity index (χ0v) is 16.6. The van der Waals surface area contributed by atoms with Crippen molar-refractivity contribution in [1.82, 2.24) is 0 Å². The highest BCUT2D eigenvalue weighted by atomic mass is 16.5. The largest absolute Gasteiger partial charge is 0.497 e. The van der Waals surface area contributed by atoms with Crippen LogP contribution in [0.25, 0.3) is 0 Å². The molecule has 27 heavy (non-hydrogen) atoms. The highest BCUT2D eigenvalue weighted by Crippen LogP contribution is 2.15. The number of rotatable bonds is 9. The standard InChI is InChI=1S/C22H28O5/c1-5-19-15(2)21(23)16(3)20(27-19)9-7-6-8-14-26-22(24)17-10-12-18(25-4)13-11-17/h10-13H,5-9,14H2,1-4H3. The normalized spacial score (nSPS) is 10.7. The average molecular weight is 372 g/mol. The fourth-order valence-electron chi connectivity index (χ4n) is 2.95. The average Bonchev–Trinajstić information content (AvgIpc) is 2.70. The number of ether oxygens (including phenoxy) is 2. The summed E-state index contributed by atoms with van der Waals surface area (Å²) >= 11 is 0. The summed E-state index contributed by atoms with van der Waals surface area (Å²) in [6.07, 6.45) is 4.00. The zero-order valence-electron chi connectivity index (χ0n) is 16.6. The third kappa shape index (κ3) is 5.46. The van der Waals surface area contributed by atoms with Crippen molar-refractivity contribution in [2.75, 3.05) is 13.7 Å². The van der Waals surface area contributed by atoms with Gasteiger partial charge < -0.3 is 13.9 Å². The van der Waals surface area contributed by atoms with Crippen LogP contribution in [0.3, 0.4) is 0 Å². The predicted molar refractivity (Wildman–Crippen MR) is 105 cm³/mol.